The van der Waals surface area contributed by atoms with Gasteiger partial charge < -0.3 is 10.1 Å². The number of ether oxygens (including phenoxy) is 1. The third-order valence-corrected chi connectivity index (χ3v) is 3.41. The third kappa shape index (κ3) is 3.28. The fraction of sp³-hybridized carbons (Fsp3) is 0.294. The minimum atomic E-state index is 0.806. The van der Waals surface area contributed by atoms with Crippen LogP contribution in [0, 0.1) is 20.8 Å². The molecule has 0 spiro atoms. The van der Waals surface area contributed by atoms with Gasteiger partial charge in [-0.05, 0) is 55.2 Å². The third-order valence-electron chi connectivity index (χ3n) is 3.41. The van der Waals surface area contributed by atoms with Crippen molar-refractivity contribution in [1.82, 2.24) is 0 Å². The van der Waals surface area contributed by atoms with E-state index in [9.17, 15) is 0 Å². The highest BCUT2D eigenvalue weighted by Gasteiger charge is 2.03. The molecule has 0 unspecified atom stereocenters. The van der Waals surface area contributed by atoms with Gasteiger partial charge in [0, 0.05) is 6.54 Å². The number of anilines is 1. The highest BCUT2D eigenvalue weighted by atomic mass is 16.5. The molecular weight excluding hydrogens is 234 g/mol. The Bertz CT molecular complexity index is 575. The summed E-state index contributed by atoms with van der Waals surface area (Å²) in [7, 11) is 1.70. The van der Waals surface area contributed by atoms with E-state index < -0.39 is 0 Å². The van der Waals surface area contributed by atoms with Crippen LogP contribution >= 0.6 is 0 Å². The van der Waals surface area contributed by atoms with Crippen LogP contribution in [-0.4, -0.2) is 7.11 Å². The van der Waals surface area contributed by atoms with Gasteiger partial charge in [0.05, 0.1) is 12.8 Å². The molecular formula is C17H21NO. The van der Waals surface area contributed by atoms with Crippen molar-refractivity contribution in [3.8, 4) is 5.75 Å². The zero-order valence-electron chi connectivity index (χ0n) is 12.1. The van der Waals surface area contributed by atoms with E-state index >= 15 is 0 Å². The molecule has 0 amide bonds. The molecule has 0 aliphatic heterocycles. The Morgan fingerprint density at radius 1 is 0.947 bits per heavy atom. The average Bonchev–Trinajstić information content (AvgIpc) is 2.41. The molecule has 0 aliphatic rings. The lowest BCUT2D eigenvalue weighted by Crippen LogP contribution is -2.02. The molecule has 0 aromatic heterocycles. The molecule has 2 aromatic carbocycles. The fourth-order valence-corrected chi connectivity index (χ4v) is 2.06. The van der Waals surface area contributed by atoms with E-state index in [1.54, 1.807) is 7.11 Å². The lowest BCUT2D eigenvalue weighted by molar-refractivity contribution is 0.416. The van der Waals surface area contributed by atoms with Crippen LogP contribution in [0.2, 0.25) is 0 Å². The number of hydrogen-bond donors (Lipinski definition) is 1. The average molecular weight is 255 g/mol. The molecule has 0 saturated carbocycles. The van der Waals surface area contributed by atoms with Gasteiger partial charge >= 0.3 is 0 Å². The summed E-state index contributed by atoms with van der Waals surface area (Å²) in [5.74, 6) is 0.892. The number of nitrogens with one attached hydrogen (secondary N) is 1. The molecule has 0 fully saturated rings. The molecule has 0 aliphatic carbocycles. The second kappa shape index (κ2) is 5.79. The molecule has 0 saturated heterocycles. The number of benzene rings is 2. The van der Waals surface area contributed by atoms with Crippen LogP contribution in [0.25, 0.3) is 0 Å². The summed E-state index contributed by atoms with van der Waals surface area (Å²) in [6, 6.07) is 12.8. The Balaban J connectivity index is 2.12. The maximum absolute atomic E-state index is 5.39. The van der Waals surface area contributed by atoms with Crippen molar-refractivity contribution in [3.63, 3.8) is 0 Å². The van der Waals surface area contributed by atoms with Crippen molar-refractivity contribution < 1.29 is 4.74 Å². The van der Waals surface area contributed by atoms with Crippen molar-refractivity contribution in [3.05, 3.63) is 58.7 Å². The second-order valence-corrected chi connectivity index (χ2v) is 4.98. The van der Waals surface area contributed by atoms with Crippen molar-refractivity contribution in [2.45, 2.75) is 27.3 Å². The number of hydrogen-bond acceptors (Lipinski definition) is 2. The van der Waals surface area contributed by atoms with Crippen LogP contribution in [0.1, 0.15) is 22.3 Å². The van der Waals surface area contributed by atoms with E-state index in [0.717, 1.165) is 18.0 Å². The second-order valence-electron chi connectivity index (χ2n) is 4.98. The van der Waals surface area contributed by atoms with Crippen LogP contribution in [0.15, 0.2) is 36.4 Å². The zero-order valence-corrected chi connectivity index (χ0v) is 12.1. The predicted molar refractivity (Wildman–Crippen MR) is 81.0 cm³/mol. The molecule has 2 rings (SSSR count). The highest BCUT2D eigenvalue weighted by Crippen LogP contribution is 2.25. The quantitative estimate of drug-likeness (QED) is 0.882. The van der Waals surface area contributed by atoms with Crippen LogP contribution in [-0.2, 0) is 6.54 Å². The molecule has 19 heavy (non-hydrogen) atoms. The lowest BCUT2D eigenvalue weighted by Gasteiger charge is -2.12. The summed E-state index contributed by atoms with van der Waals surface area (Å²) >= 11 is 0. The summed E-state index contributed by atoms with van der Waals surface area (Å²) in [4.78, 5) is 0. The van der Waals surface area contributed by atoms with Gasteiger partial charge in [-0.2, -0.15) is 0 Å². The number of methoxy groups -OCH3 is 1. The molecule has 0 heterocycles. The largest absolute Gasteiger partial charge is 0.495 e. The van der Waals surface area contributed by atoms with Gasteiger partial charge in [-0.15, -0.1) is 0 Å². The van der Waals surface area contributed by atoms with Gasteiger partial charge in [0.15, 0.2) is 0 Å². The normalized spacial score (nSPS) is 10.3. The van der Waals surface area contributed by atoms with Crippen LogP contribution < -0.4 is 10.1 Å². The maximum Gasteiger partial charge on any atom is 0.142 e. The molecule has 100 valence electrons. The standard InChI is InChI=1S/C17H21NO/c1-12-5-8-16(17(9-12)19-4)18-11-15-7-6-13(2)14(3)10-15/h5-10,18H,11H2,1-4H3. The first kappa shape index (κ1) is 13.5. The SMILES string of the molecule is COc1cc(C)ccc1NCc1ccc(C)c(C)c1. The summed E-state index contributed by atoms with van der Waals surface area (Å²) in [5.41, 5.74) is 6.18. The predicted octanol–water partition coefficient (Wildman–Crippen LogP) is 4.23. The Labute approximate surface area is 115 Å². The molecule has 2 aromatic rings. The van der Waals surface area contributed by atoms with Crippen LogP contribution in [0.5, 0.6) is 5.75 Å². The Hall–Kier alpha value is -1.96. The molecule has 2 nitrogen and oxygen atoms in total. The number of aryl methyl sites for hydroxylation is 3. The van der Waals surface area contributed by atoms with Crippen molar-refractivity contribution in [1.29, 1.82) is 0 Å². The van der Waals surface area contributed by atoms with E-state index in [-0.39, 0.29) is 0 Å². The van der Waals surface area contributed by atoms with Gasteiger partial charge in [-0.1, -0.05) is 24.3 Å². The van der Waals surface area contributed by atoms with Gasteiger partial charge in [0.25, 0.3) is 0 Å². The zero-order chi connectivity index (χ0) is 13.8. The first-order chi connectivity index (χ1) is 9.10. The van der Waals surface area contributed by atoms with Crippen molar-refractivity contribution in [2.75, 3.05) is 12.4 Å². The fourth-order valence-electron chi connectivity index (χ4n) is 2.06. The van der Waals surface area contributed by atoms with Gasteiger partial charge in [0.1, 0.15) is 5.75 Å². The summed E-state index contributed by atoms with van der Waals surface area (Å²) in [5, 5.41) is 3.43. The number of rotatable bonds is 4. The summed E-state index contributed by atoms with van der Waals surface area (Å²) < 4.78 is 5.39. The van der Waals surface area contributed by atoms with E-state index in [0.29, 0.717) is 0 Å². The Morgan fingerprint density at radius 3 is 2.42 bits per heavy atom. The van der Waals surface area contributed by atoms with Gasteiger partial charge in [0.2, 0.25) is 0 Å². The smallest absolute Gasteiger partial charge is 0.142 e. The molecule has 2 heteroatoms. The van der Waals surface area contributed by atoms with E-state index in [2.05, 4.69) is 56.4 Å². The summed E-state index contributed by atoms with van der Waals surface area (Å²) in [6.45, 7) is 7.15. The Kier molecular flexibility index (Phi) is 4.10. The molecule has 1 N–H and O–H groups in total. The minimum absolute atomic E-state index is 0.806. The van der Waals surface area contributed by atoms with E-state index in [1.807, 2.05) is 6.07 Å². The monoisotopic (exact) mass is 255 g/mol. The maximum atomic E-state index is 5.39. The summed E-state index contributed by atoms with van der Waals surface area (Å²) in [6.07, 6.45) is 0. The van der Waals surface area contributed by atoms with Crippen LogP contribution in [0.3, 0.4) is 0 Å². The minimum Gasteiger partial charge on any atom is -0.495 e. The van der Waals surface area contributed by atoms with Crippen LogP contribution in [0.4, 0.5) is 5.69 Å². The Morgan fingerprint density at radius 2 is 1.74 bits per heavy atom. The first-order valence-corrected chi connectivity index (χ1v) is 6.55. The molecule has 0 bridgehead atoms. The topological polar surface area (TPSA) is 21.3 Å². The lowest BCUT2D eigenvalue weighted by atomic mass is 10.1. The highest BCUT2D eigenvalue weighted by molar-refractivity contribution is 5.57. The van der Waals surface area contributed by atoms with Gasteiger partial charge in [-0.25, -0.2) is 0 Å². The van der Waals surface area contributed by atoms with E-state index in [4.69, 9.17) is 4.74 Å². The first-order valence-electron chi connectivity index (χ1n) is 6.55. The van der Waals surface area contributed by atoms with E-state index in [1.165, 1.54) is 22.3 Å². The molecule has 0 radical (unpaired) electrons. The van der Waals surface area contributed by atoms with Crippen molar-refractivity contribution >= 4 is 5.69 Å². The molecule has 0 atom stereocenters. The van der Waals surface area contributed by atoms with Gasteiger partial charge in [-0.3, -0.25) is 0 Å². The van der Waals surface area contributed by atoms with Crippen molar-refractivity contribution in [2.24, 2.45) is 0 Å².